The van der Waals surface area contributed by atoms with E-state index in [4.69, 9.17) is 15.5 Å². The van der Waals surface area contributed by atoms with Gasteiger partial charge in [0.1, 0.15) is 17.4 Å². The van der Waals surface area contributed by atoms with E-state index < -0.39 is 17.6 Å². The summed E-state index contributed by atoms with van der Waals surface area (Å²) < 4.78 is 19.1. The normalized spacial score (nSPS) is 21.9. The number of carbonyl (C=O) groups is 2. The summed E-state index contributed by atoms with van der Waals surface area (Å²) in [5.74, 6) is -0.596. The number of aromatic nitrogens is 1. The summed E-state index contributed by atoms with van der Waals surface area (Å²) in [7, 11) is 0. The van der Waals surface area contributed by atoms with Gasteiger partial charge >= 0.3 is 6.09 Å². The standard InChI is InChI=1S/C29H33FN4O3S/c1-29(2,3)25(31)27(35)33-14-13-23-24(33)21(15-34(23)28(36)37-16-18-7-5-4-6-8-18)22-17-38-26(32-22)19-9-11-20(30)12-10-19/h4-12,17,21,23-25H,13-16,31H2,1-3H3/t21-,23-,24-,25-/m1/s1. The van der Waals surface area contributed by atoms with Crippen LogP contribution in [0, 0.1) is 11.2 Å². The second-order valence-corrected chi connectivity index (χ2v) is 12.0. The van der Waals surface area contributed by atoms with E-state index in [1.165, 1.54) is 23.5 Å². The Labute approximate surface area is 226 Å². The summed E-state index contributed by atoms with van der Waals surface area (Å²) >= 11 is 1.47. The van der Waals surface area contributed by atoms with Gasteiger partial charge in [0.05, 0.1) is 23.8 Å². The predicted molar refractivity (Wildman–Crippen MR) is 145 cm³/mol. The average Bonchev–Trinajstić information content (AvgIpc) is 3.63. The van der Waals surface area contributed by atoms with Crippen LogP contribution in [-0.4, -0.2) is 58.0 Å². The minimum atomic E-state index is -0.661. The fourth-order valence-electron chi connectivity index (χ4n) is 5.35. The molecule has 3 aromatic rings. The van der Waals surface area contributed by atoms with Crippen LogP contribution < -0.4 is 5.73 Å². The smallest absolute Gasteiger partial charge is 0.410 e. The number of rotatable bonds is 5. The molecule has 2 saturated heterocycles. The highest BCUT2D eigenvalue weighted by atomic mass is 32.1. The van der Waals surface area contributed by atoms with Crippen molar-refractivity contribution >= 4 is 23.3 Å². The first-order valence-corrected chi connectivity index (χ1v) is 13.8. The van der Waals surface area contributed by atoms with E-state index in [0.29, 0.717) is 19.5 Å². The largest absolute Gasteiger partial charge is 0.445 e. The Kier molecular flexibility index (Phi) is 7.24. The molecule has 9 heteroatoms. The quantitative estimate of drug-likeness (QED) is 0.494. The van der Waals surface area contributed by atoms with E-state index in [9.17, 15) is 14.0 Å². The van der Waals surface area contributed by atoms with Crippen molar-refractivity contribution in [2.24, 2.45) is 11.1 Å². The molecule has 5 rings (SSSR count). The third-order valence-electron chi connectivity index (χ3n) is 7.54. The average molecular weight is 537 g/mol. The van der Waals surface area contributed by atoms with Crippen molar-refractivity contribution < 1.29 is 18.7 Å². The number of nitrogens with zero attached hydrogens (tertiary/aromatic N) is 3. The zero-order valence-corrected chi connectivity index (χ0v) is 22.7. The number of fused-ring (bicyclic) bond motifs is 1. The van der Waals surface area contributed by atoms with E-state index in [1.54, 1.807) is 17.0 Å². The Morgan fingerprint density at radius 1 is 1.13 bits per heavy atom. The van der Waals surface area contributed by atoms with E-state index >= 15 is 0 Å². The lowest BCUT2D eigenvalue weighted by Gasteiger charge is -2.34. The highest BCUT2D eigenvalue weighted by Gasteiger charge is 2.54. The molecule has 0 aliphatic carbocycles. The number of benzene rings is 2. The highest BCUT2D eigenvalue weighted by molar-refractivity contribution is 7.13. The Hall–Kier alpha value is -3.30. The van der Waals surface area contributed by atoms with Crippen LogP contribution in [0.25, 0.3) is 10.6 Å². The number of likely N-dealkylation sites (tertiary alicyclic amines) is 2. The van der Waals surface area contributed by atoms with Crippen LogP contribution in [0.2, 0.25) is 0 Å². The fraction of sp³-hybridized carbons (Fsp3) is 0.414. The molecule has 2 fully saturated rings. The van der Waals surface area contributed by atoms with Crippen molar-refractivity contribution in [3.05, 3.63) is 77.1 Å². The van der Waals surface area contributed by atoms with E-state index in [0.717, 1.165) is 21.8 Å². The zero-order valence-electron chi connectivity index (χ0n) is 21.8. The van der Waals surface area contributed by atoms with Crippen molar-refractivity contribution in [3.8, 4) is 10.6 Å². The highest BCUT2D eigenvalue weighted by Crippen LogP contribution is 2.43. The minimum absolute atomic E-state index is 0.108. The summed E-state index contributed by atoms with van der Waals surface area (Å²) in [6.45, 7) is 6.96. The first-order chi connectivity index (χ1) is 18.1. The molecule has 7 nitrogen and oxygen atoms in total. The molecule has 4 atom stereocenters. The topological polar surface area (TPSA) is 88.8 Å². The van der Waals surface area contributed by atoms with Crippen molar-refractivity contribution in [1.29, 1.82) is 0 Å². The number of halogens is 1. The molecule has 2 amide bonds. The summed E-state index contributed by atoms with van der Waals surface area (Å²) in [5, 5.41) is 2.74. The number of hydrogen-bond acceptors (Lipinski definition) is 6. The van der Waals surface area contributed by atoms with Crippen LogP contribution in [0.4, 0.5) is 9.18 Å². The van der Waals surface area contributed by atoms with E-state index in [1.807, 2.05) is 61.4 Å². The summed E-state index contributed by atoms with van der Waals surface area (Å²) in [6, 6.07) is 14.7. The van der Waals surface area contributed by atoms with Gasteiger partial charge in [0.2, 0.25) is 5.91 Å². The predicted octanol–water partition coefficient (Wildman–Crippen LogP) is 5.03. The summed E-state index contributed by atoms with van der Waals surface area (Å²) in [4.78, 5) is 35.3. The molecule has 1 aromatic heterocycles. The number of hydrogen-bond donors (Lipinski definition) is 1. The Morgan fingerprint density at radius 2 is 1.84 bits per heavy atom. The van der Waals surface area contributed by atoms with Gasteiger partial charge in [-0.05, 0) is 41.7 Å². The Balaban J connectivity index is 1.42. The summed E-state index contributed by atoms with van der Waals surface area (Å²) in [5.41, 5.74) is 8.55. The zero-order chi connectivity index (χ0) is 27.0. The van der Waals surface area contributed by atoms with Gasteiger partial charge in [-0.2, -0.15) is 0 Å². The van der Waals surface area contributed by atoms with Crippen LogP contribution in [0.3, 0.4) is 0 Å². The lowest BCUT2D eigenvalue weighted by Crippen LogP contribution is -2.53. The molecule has 2 N–H and O–H groups in total. The van der Waals surface area contributed by atoms with Crippen molar-refractivity contribution in [2.75, 3.05) is 13.1 Å². The molecule has 3 heterocycles. The van der Waals surface area contributed by atoms with Crippen LogP contribution >= 0.6 is 11.3 Å². The maximum atomic E-state index is 13.6. The summed E-state index contributed by atoms with van der Waals surface area (Å²) in [6.07, 6.45) is 0.258. The van der Waals surface area contributed by atoms with Crippen molar-refractivity contribution in [1.82, 2.24) is 14.8 Å². The maximum Gasteiger partial charge on any atom is 0.410 e. The first-order valence-electron chi connectivity index (χ1n) is 12.9. The SMILES string of the molecule is CC(C)(C)[C@H](N)C(=O)N1CC[C@@H]2[C@H]1[C@@H](c1csc(-c3ccc(F)cc3)n1)CN2C(=O)OCc1ccccc1. The molecule has 38 heavy (non-hydrogen) atoms. The molecule has 2 aliphatic rings. The second-order valence-electron chi connectivity index (χ2n) is 11.1. The first kappa shape index (κ1) is 26.3. The maximum absolute atomic E-state index is 13.6. The molecule has 200 valence electrons. The number of carbonyl (C=O) groups excluding carboxylic acids is 2. The molecule has 2 aromatic carbocycles. The van der Waals surface area contributed by atoms with Crippen LogP contribution in [-0.2, 0) is 16.1 Å². The van der Waals surface area contributed by atoms with Gasteiger partial charge in [-0.1, -0.05) is 51.1 Å². The second kappa shape index (κ2) is 10.5. The molecular weight excluding hydrogens is 503 g/mol. The van der Waals surface area contributed by atoms with Gasteiger partial charge < -0.3 is 20.3 Å². The van der Waals surface area contributed by atoms with Crippen molar-refractivity contribution in [3.63, 3.8) is 0 Å². The van der Waals surface area contributed by atoms with Gasteiger partial charge in [-0.3, -0.25) is 4.79 Å². The number of thiazole rings is 1. The number of nitrogens with two attached hydrogens (primary N) is 1. The fourth-order valence-corrected chi connectivity index (χ4v) is 6.24. The number of amides is 2. The minimum Gasteiger partial charge on any atom is -0.445 e. The van der Waals surface area contributed by atoms with E-state index in [2.05, 4.69) is 0 Å². The molecule has 0 spiro atoms. The van der Waals surface area contributed by atoms with Gasteiger partial charge in [-0.15, -0.1) is 11.3 Å². The van der Waals surface area contributed by atoms with Gasteiger partial charge in [-0.25, -0.2) is 14.2 Å². The lowest BCUT2D eigenvalue weighted by molar-refractivity contribution is -0.136. The van der Waals surface area contributed by atoms with Gasteiger partial charge in [0.15, 0.2) is 0 Å². The third-order valence-corrected chi connectivity index (χ3v) is 8.45. The van der Waals surface area contributed by atoms with Gasteiger partial charge in [0, 0.05) is 30.0 Å². The van der Waals surface area contributed by atoms with Crippen LogP contribution in [0.5, 0.6) is 0 Å². The molecule has 2 aliphatic heterocycles. The monoisotopic (exact) mass is 536 g/mol. The molecule has 0 bridgehead atoms. The molecule has 0 radical (unpaired) electrons. The molecule has 0 saturated carbocycles. The molecular formula is C29H33FN4O3S. The van der Waals surface area contributed by atoms with Crippen molar-refractivity contribution in [2.45, 2.75) is 57.8 Å². The van der Waals surface area contributed by atoms with Gasteiger partial charge in [0.25, 0.3) is 0 Å². The Morgan fingerprint density at radius 3 is 2.53 bits per heavy atom. The Bertz CT molecular complexity index is 1290. The molecule has 0 unspecified atom stereocenters. The lowest BCUT2D eigenvalue weighted by atomic mass is 9.86. The number of ether oxygens (including phenoxy) is 1. The van der Waals surface area contributed by atoms with Crippen LogP contribution in [0.15, 0.2) is 60.0 Å². The van der Waals surface area contributed by atoms with Crippen LogP contribution in [0.1, 0.15) is 44.4 Å². The third kappa shape index (κ3) is 5.17. The van der Waals surface area contributed by atoms with E-state index in [-0.39, 0.29) is 36.3 Å².